The summed E-state index contributed by atoms with van der Waals surface area (Å²) >= 11 is 2.23. The molecule has 3 aliphatic heterocycles. The highest BCUT2D eigenvalue weighted by Crippen LogP contribution is 2.61. The van der Waals surface area contributed by atoms with Crippen LogP contribution in [0.15, 0.2) is 11.6 Å². The number of thioether (sulfide) groups is 1. The molecule has 1 spiro atoms. The number of fused-ring (bicyclic) bond motifs is 2. The number of esters is 1. The maximum Gasteiger partial charge on any atom is 0.331 e. The van der Waals surface area contributed by atoms with E-state index in [2.05, 4.69) is 16.7 Å². The highest BCUT2D eigenvalue weighted by molar-refractivity contribution is 8.00. The second kappa shape index (κ2) is 5.01. The second-order valence-corrected chi connectivity index (χ2v) is 9.26. The van der Waals surface area contributed by atoms with Gasteiger partial charge in [0.15, 0.2) is 5.60 Å². The molecule has 5 rings (SSSR count). The van der Waals surface area contributed by atoms with Crippen molar-refractivity contribution in [2.24, 2.45) is 0 Å². The van der Waals surface area contributed by atoms with E-state index in [1.807, 2.05) is 6.08 Å². The summed E-state index contributed by atoms with van der Waals surface area (Å²) in [5, 5.41) is 1.49. The Morgan fingerprint density at radius 3 is 2.82 bits per heavy atom. The zero-order valence-electron chi connectivity index (χ0n) is 13.1. The molecule has 2 saturated heterocycles. The second-order valence-electron chi connectivity index (χ2n) is 7.72. The Morgan fingerprint density at radius 2 is 1.95 bits per heavy atom. The highest BCUT2D eigenvalue weighted by atomic mass is 32.2. The number of ether oxygens (including phenoxy) is 1. The van der Waals surface area contributed by atoms with Crippen molar-refractivity contribution < 1.29 is 9.53 Å². The van der Waals surface area contributed by atoms with Crippen molar-refractivity contribution in [2.45, 2.75) is 86.0 Å². The SMILES string of the molecule is O=C1C=C2CC(SC3CCCCC3)[C@H]3N4CCCC[C@@H]4C23O1. The maximum absolute atomic E-state index is 11.9. The zero-order chi connectivity index (χ0) is 14.7. The number of rotatable bonds is 2. The van der Waals surface area contributed by atoms with E-state index in [0.717, 1.165) is 11.7 Å². The Labute approximate surface area is 136 Å². The molecule has 0 radical (unpaired) electrons. The summed E-state index contributed by atoms with van der Waals surface area (Å²) in [6.45, 7) is 1.21. The molecular formula is C18H25NO2S. The minimum atomic E-state index is -0.205. The predicted molar refractivity (Wildman–Crippen MR) is 87.9 cm³/mol. The number of piperidine rings is 1. The molecule has 4 fully saturated rings. The molecule has 4 atom stereocenters. The summed E-state index contributed by atoms with van der Waals surface area (Å²) in [5.74, 6) is -0.0775. The van der Waals surface area contributed by atoms with Crippen LogP contribution in [0.4, 0.5) is 0 Å². The number of hydrogen-bond acceptors (Lipinski definition) is 4. The third-order valence-electron chi connectivity index (χ3n) is 6.59. The summed E-state index contributed by atoms with van der Waals surface area (Å²) in [5.41, 5.74) is 1.13. The molecule has 0 N–H and O–H groups in total. The molecule has 22 heavy (non-hydrogen) atoms. The van der Waals surface area contributed by atoms with Gasteiger partial charge in [0.1, 0.15) is 0 Å². The zero-order valence-corrected chi connectivity index (χ0v) is 13.9. The van der Waals surface area contributed by atoms with Gasteiger partial charge in [-0.1, -0.05) is 25.7 Å². The fourth-order valence-corrected chi connectivity index (χ4v) is 7.65. The molecule has 2 unspecified atom stereocenters. The molecule has 5 aliphatic rings. The topological polar surface area (TPSA) is 29.5 Å². The standard InChI is InChI=1S/C18H25NO2S/c20-16-11-12-10-14(22-13-6-2-1-3-7-13)17-18(12,21-16)15-8-4-5-9-19(15)17/h11,13-15,17H,1-10H2/t14?,15-,17-,18?/m1/s1. The molecule has 0 amide bonds. The van der Waals surface area contributed by atoms with Gasteiger partial charge in [-0.25, -0.2) is 4.79 Å². The van der Waals surface area contributed by atoms with E-state index in [4.69, 9.17) is 4.74 Å². The van der Waals surface area contributed by atoms with Crippen LogP contribution in [0.2, 0.25) is 0 Å². The van der Waals surface area contributed by atoms with Crippen molar-refractivity contribution in [1.82, 2.24) is 4.90 Å². The molecule has 3 nitrogen and oxygen atoms in total. The maximum atomic E-state index is 11.9. The molecular weight excluding hydrogens is 294 g/mol. The average Bonchev–Trinajstić information content (AvgIpc) is 2.97. The smallest absolute Gasteiger partial charge is 0.331 e. The summed E-state index contributed by atoms with van der Waals surface area (Å²) in [6.07, 6.45) is 13.8. The van der Waals surface area contributed by atoms with Crippen molar-refractivity contribution >= 4 is 17.7 Å². The van der Waals surface area contributed by atoms with Crippen molar-refractivity contribution in [2.75, 3.05) is 6.54 Å². The summed E-state index contributed by atoms with van der Waals surface area (Å²) in [4.78, 5) is 14.6. The summed E-state index contributed by atoms with van der Waals surface area (Å²) < 4.78 is 5.97. The van der Waals surface area contributed by atoms with Crippen LogP contribution >= 0.6 is 11.8 Å². The molecule has 0 aromatic heterocycles. The van der Waals surface area contributed by atoms with E-state index in [1.165, 1.54) is 63.5 Å². The van der Waals surface area contributed by atoms with Gasteiger partial charge in [0.2, 0.25) is 0 Å². The molecule has 2 saturated carbocycles. The van der Waals surface area contributed by atoms with Gasteiger partial charge >= 0.3 is 5.97 Å². The predicted octanol–water partition coefficient (Wildman–Crippen LogP) is 3.28. The number of carbonyl (C=O) groups is 1. The number of nitrogens with zero attached hydrogens (tertiary/aromatic N) is 1. The lowest BCUT2D eigenvalue weighted by molar-refractivity contribution is -0.200. The van der Waals surface area contributed by atoms with Crippen LogP contribution in [0.5, 0.6) is 0 Å². The van der Waals surface area contributed by atoms with Crippen LogP contribution in [0.1, 0.15) is 57.8 Å². The van der Waals surface area contributed by atoms with Crippen molar-refractivity contribution in [3.05, 3.63) is 11.6 Å². The van der Waals surface area contributed by atoms with Crippen LogP contribution in [-0.2, 0) is 9.53 Å². The van der Waals surface area contributed by atoms with Crippen LogP contribution in [0.3, 0.4) is 0 Å². The van der Waals surface area contributed by atoms with Crippen LogP contribution in [-0.4, -0.2) is 45.6 Å². The molecule has 4 heteroatoms. The largest absolute Gasteiger partial charge is 0.448 e. The van der Waals surface area contributed by atoms with Gasteiger partial charge in [-0.15, -0.1) is 0 Å². The fraction of sp³-hybridized carbons (Fsp3) is 0.833. The van der Waals surface area contributed by atoms with Crippen molar-refractivity contribution in [1.29, 1.82) is 0 Å². The van der Waals surface area contributed by atoms with Gasteiger partial charge in [0.25, 0.3) is 0 Å². The highest BCUT2D eigenvalue weighted by Gasteiger charge is 2.72. The Hall–Kier alpha value is -0.480. The van der Waals surface area contributed by atoms with Crippen LogP contribution in [0, 0.1) is 0 Å². The number of carbonyl (C=O) groups excluding carboxylic acids is 1. The monoisotopic (exact) mass is 319 g/mol. The van der Waals surface area contributed by atoms with Gasteiger partial charge in [0, 0.05) is 16.6 Å². The fourth-order valence-electron chi connectivity index (χ4n) is 5.77. The lowest BCUT2D eigenvalue weighted by Gasteiger charge is -2.61. The average molecular weight is 319 g/mol. The van der Waals surface area contributed by atoms with Gasteiger partial charge in [-0.05, 0) is 44.2 Å². The molecule has 3 heterocycles. The van der Waals surface area contributed by atoms with E-state index in [-0.39, 0.29) is 11.6 Å². The Bertz CT molecular complexity index is 527. The lowest BCUT2D eigenvalue weighted by atomic mass is 9.71. The number of hydrogen-bond donors (Lipinski definition) is 0. The molecule has 0 aromatic rings. The first-order chi connectivity index (χ1) is 10.8. The van der Waals surface area contributed by atoms with Gasteiger partial charge in [0.05, 0.1) is 12.1 Å². The van der Waals surface area contributed by atoms with E-state index in [1.54, 1.807) is 0 Å². The van der Waals surface area contributed by atoms with E-state index in [9.17, 15) is 4.79 Å². The quantitative estimate of drug-likeness (QED) is 0.731. The van der Waals surface area contributed by atoms with Crippen molar-refractivity contribution in [3.8, 4) is 0 Å². The third kappa shape index (κ3) is 1.77. The summed E-state index contributed by atoms with van der Waals surface area (Å²) in [7, 11) is 0. The third-order valence-corrected chi connectivity index (χ3v) is 8.22. The normalized spacial score (nSPS) is 44.6. The van der Waals surface area contributed by atoms with Crippen molar-refractivity contribution in [3.63, 3.8) is 0 Å². The first kappa shape index (κ1) is 13.9. The first-order valence-electron chi connectivity index (χ1n) is 9.14. The van der Waals surface area contributed by atoms with Gasteiger partial charge in [-0.2, -0.15) is 11.8 Å². The van der Waals surface area contributed by atoms with E-state index in [0.29, 0.717) is 17.3 Å². The Kier molecular flexibility index (Phi) is 3.17. The van der Waals surface area contributed by atoms with Gasteiger partial charge < -0.3 is 4.74 Å². The Balaban J connectivity index is 1.41. The van der Waals surface area contributed by atoms with E-state index < -0.39 is 0 Å². The molecule has 120 valence electrons. The van der Waals surface area contributed by atoms with Crippen LogP contribution in [0.25, 0.3) is 0 Å². The van der Waals surface area contributed by atoms with Crippen LogP contribution < -0.4 is 0 Å². The molecule has 0 bridgehead atoms. The molecule has 0 aromatic carbocycles. The Morgan fingerprint density at radius 1 is 1.14 bits per heavy atom. The van der Waals surface area contributed by atoms with E-state index >= 15 is 0 Å². The summed E-state index contributed by atoms with van der Waals surface area (Å²) in [6, 6.07) is 0.961. The van der Waals surface area contributed by atoms with Gasteiger partial charge in [-0.3, -0.25) is 4.90 Å². The lowest BCUT2D eigenvalue weighted by Crippen LogP contribution is -2.77. The minimum Gasteiger partial charge on any atom is -0.448 e. The minimum absolute atomic E-state index is 0.0775. The first-order valence-corrected chi connectivity index (χ1v) is 10.1. The molecule has 2 aliphatic carbocycles.